The van der Waals surface area contributed by atoms with Crippen LogP contribution in [-0.2, 0) is 12.8 Å². The lowest BCUT2D eigenvalue weighted by Crippen LogP contribution is -2.27. The molecule has 1 aromatic rings. The van der Waals surface area contributed by atoms with Crippen LogP contribution in [0.1, 0.15) is 24.0 Å². The first-order valence-corrected chi connectivity index (χ1v) is 6.39. The average molecular weight is 218 g/mol. The van der Waals surface area contributed by atoms with Gasteiger partial charge in [0.25, 0.3) is 0 Å². The van der Waals surface area contributed by atoms with Crippen LogP contribution in [0.2, 0.25) is 0 Å². The van der Waals surface area contributed by atoms with E-state index in [2.05, 4.69) is 29.2 Å². The van der Waals surface area contributed by atoms with Gasteiger partial charge in [0.1, 0.15) is 0 Å². The minimum atomic E-state index is 0.827. The summed E-state index contributed by atoms with van der Waals surface area (Å²) in [6.07, 6.45) is 4.81. The molecule has 0 amide bonds. The highest BCUT2D eigenvalue weighted by molar-refractivity contribution is 5.28. The van der Waals surface area contributed by atoms with Gasteiger partial charge >= 0.3 is 0 Å². The SMILES string of the molecule is NCCCCN1CCc2ccccc2CC1. The molecule has 2 nitrogen and oxygen atoms in total. The maximum Gasteiger partial charge on any atom is 0.00221 e. The van der Waals surface area contributed by atoms with Gasteiger partial charge in [-0.3, -0.25) is 0 Å². The van der Waals surface area contributed by atoms with E-state index in [9.17, 15) is 0 Å². The highest BCUT2D eigenvalue weighted by Crippen LogP contribution is 2.15. The summed E-state index contributed by atoms with van der Waals surface area (Å²) < 4.78 is 0. The third kappa shape index (κ3) is 3.06. The lowest BCUT2D eigenvalue weighted by molar-refractivity contribution is 0.282. The summed E-state index contributed by atoms with van der Waals surface area (Å²) in [7, 11) is 0. The number of nitrogens with zero attached hydrogens (tertiary/aromatic N) is 1. The van der Waals surface area contributed by atoms with Gasteiger partial charge in [0.2, 0.25) is 0 Å². The molecule has 1 aliphatic heterocycles. The Morgan fingerprint density at radius 1 is 1.00 bits per heavy atom. The van der Waals surface area contributed by atoms with Crippen LogP contribution in [0, 0.1) is 0 Å². The Morgan fingerprint density at radius 3 is 2.19 bits per heavy atom. The molecule has 1 aromatic carbocycles. The van der Waals surface area contributed by atoms with E-state index < -0.39 is 0 Å². The van der Waals surface area contributed by atoms with Crippen molar-refractivity contribution in [1.82, 2.24) is 4.90 Å². The van der Waals surface area contributed by atoms with Gasteiger partial charge in [0.15, 0.2) is 0 Å². The van der Waals surface area contributed by atoms with E-state index in [1.807, 2.05) is 0 Å². The van der Waals surface area contributed by atoms with E-state index in [4.69, 9.17) is 5.73 Å². The number of fused-ring (bicyclic) bond motifs is 1. The Morgan fingerprint density at radius 2 is 1.62 bits per heavy atom. The third-order valence-corrected chi connectivity index (χ3v) is 3.44. The summed E-state index contributed by atoms with van der Waals surface area (Å²) in [5.74, 6) is 0. The van der Waals surface area contributed by atoms with Crippen LogP contribution < -0.4 is 5.73 Å². The van der Waals surface area contributed by atoms with Crippen molar-refractivity contribution in [2.45, 2.75) is 25.7 Å². The second kappa shape index (κ2) is 6.02. The lowest BCUT2D eigenvalue weighted by atomic mass is 10.0. The maximum atomic E-state index is 5.53. The number of rotatable bonds is 4. The molecule has 0 atom stereocenters. The van der Waals surface area contributed by atoms with Gasteiger partial charge in [-0.2, -0.15) is 0 Å². The van der Waals surface area contributed by atoms with Gasteiger partial charge in [-0.1, -0.05) is 24.3 Å². The zero-order chi connectivity index (χ0) is 11.2. The highest BCUT2D eigenvalue weighted by Gasteiger charge is 2.12. The fraction of sp³-hybridized carbons (Fsp3) is 0.571. The first-order valence-electron chi connectivity index (χ1n) is 6.39. The Kier molecular flexibility index (Phi) is 4.37. The molecule has 0 aromatic heterocycles. The zero-order valence-corrected chi connectivity index (χ0v) is 9.99. The molecule has 0 aliphatic carbocycles. The van der Waals surface area contributed by atoms with E-state index in [-0.39, 0.29) is 0 Å². The molecule has 0 bridgehead atoms. The molecule has 2 rings (SSSR count). The second-order valence-electron chi connectivity index (χ2n) is 4.61. The third-order valence-electron chi connectivity index (χ3n) is 3.44. The van der Waals surface area contributed by atoms with E-state index in [1.165, 1.54) is 38.9 Å². The molecule has 2 N–H and O–H groups in total. The largest absolute Gasteiger partial charge is 0.330 e. The molecule has 0 saturated carbocycles. The molecule has 0 spiro atoms. The summed E-state index contributed by atoms with van der Waals surface area (Å²) in [6.45, 7) is 4.46. The van der Waals surface area contributed by atoms with Crippen LogP contribution in [0.3, 0.4) is 0 Å². The highest BCUT2D eigenvalue weighted by atomic mass is 15.1. The van der Waals surface area contributed by atoms with Crippen molar-refractivity contribution in [3.8, 4) is 0 Å². The van der Waals surface area contributed by atoms with E-state index in [0.29, 0.717) is 0 Å². The first-order chi connectivity index (χ1) is 7.90. The topological polar surface area (TPSA) is 29.3 Å². The van der Waals surface area contributed by atoms with Crippen LogP contribution in [0.4, 0.5) is 0 Å². The summed E-state index contributed by atoms with van der Waals surface area (Å²) in [6, 6.07) is 8.86. The summed E-state index contributed by atoms with van der Waals surface area (Å²) >= 11 is 0. The number of hydrogen-bond acceptors (Lipinski definition) is 2. The average Bonchev–Trinajstić information content (AvgIpc) is 2.53. The Bertz CT molecular complexity index is 295. The lowest BCUT2D eigenvalue weighted by Gasteiger charge is -2.19. The molecule has 0 saturated heterocycles. The van der Waals surface area contributed by atoms with Crippen molar-refractivity contribution < 1.29 is 0 Å². The Hall–Kier alpha value is -0.860. The van der Waals surface area contributed by atoms with Gasteiger partial charge in [0, 0.05) is 13.1 Å². The number of hydrogen-bond donors (Lipinski definition) is 1. The molecular weight excluding hydrogens is 196 g/mol. The molecule has 16 heavy (non-hydrogen) atoms. The van der Waals surface area contributed by atoms with Crippen molar-refractivity contribution >= 4 is 0 Å². The number of nitrogens with two attached hydrogens (primary N) is 1. The number of benzene rings is 1. The van der Waals surface area contributed by atoms with Gasteiger partial charge < -0.3 is 10.6 Å². The molecule has 0 radical (unpaired) electrons. The summed E-state index contributed by atoms with van der Waals surface area (Å²) in [4.78, 5) is 2.58. The van der Waals surface area contributed by atoms with Crippen LogP contribution in [0.25, 0.3) is 0 Å². The minimum absolute atomic E-state index is 0.827. The van der Waals surface area contributed by atoms with E-state index in [0.717, 1.165) is 13.0 Å². The van der Waals surface area contributed by atoms with Gasteiger partial charge in [-0.25, -0.2) is 0 Å². The van der Waals surface area contributed by atoms with Crippen LogP contribution in [-0.4, -0.2) is 31.1 Å². The van der Waals surface area contributed by atoms with Crippen molar-refractivity contribution in [2.75, 3.05) is 26.2 Å². The Balaban J connectivity index is 1.87. The predicted octanol–water partition coefficient (Wildman–Crippen LogP) is 1.83. The normalized spacial score (nSPS) is 16.8. The van der Waals surface area contributed by atoms with Crippen molar-refractivity contribution in [1.29, 1.82) is 0 Å². The quantitative estimate of drug-likeness (QED) is 0.781. The van der Waals surface area contributed by atoms with Gasteiger partial charge in [-0.05, 0) is 49.9 Å². The van der Waals surface area contributed by atoms with Crippen LogP contribution in [0.15, 0.2) is 24.3 Å². The summed E-state index contributed by atoms with van der Waals surface area (Å²) in [5.41, 5.74) is 8.62. The predicted molar refractivity (Wildman–Crippen MR) is 68.6 cm³/mol. The minimum Gasteiger partial charge on any atom is -0.330 e. The fourth-order valence-corrected chi connectivity index (χ4v) is 2.42. The molecule has 0 unspecified atom stereocenters. The summed E-state index contributed by atoms with van der Waals surface area (Å²) in [5, 5.41) is 0. The van der Waals surface area contributed by atoms with Gasteiger partial charge in [-0.15, -0.1) is 0 Å². The van der Waals surface area contributed by atoms with Crippen LogP contribution >= 0.6 is 0 Å². The smallest absolute Gasteiger partial charge is 0.00221 e. The number of unbranched alkanes of at least 4 members (excludes halogenated alkanes) is 1. The van der Waals surface area contributed by atoms with Crippen molar-refractivity contribution in [3.63, 3.8) is 0 Å². The first kappa shape index (κ1) is 11.6. The van der Waals surface area contributed by atoms with Crippen LogP contribution in [0.5, 0.6) is 0 Å². The standard InChI is InChI=1S/C14H22N2/c15-9-3-4-10-16-11-7-13-5-1-2-6-14(13)8-12-16/h1-2,5-6H,3-4,7-12,15H2. The monoisotopic (exact) mass is 218 g/mol. The second-order valence-corrected chi connectivity index (χ2v) is 4.61. The van der Waals surface area contributed by atoms with E-state index >= 15 is 0 Å². The maximum absolute atomic E-state index is 5.53. The zero-order valence-electron chi connectivity index (χ0n) is 9.99. The molecule has 88 valence electrons. The Labute approximate surface area is 98.4 Å². The van der Waals surface area contributed by atoms with Gasteiger partial charge in [0.05, 0.1) is 0 Å². The van der Waals surface area contributed by atoms with Crippen molar-refractivity contribution in [2.24, 2.45) is 5.73 Å². The molecule has 1 aliphatic rings. The van der Waals surface area contributed by atoms with E-state index in [1.54, 1.807) is 11.1 Å². The van der Waals surface area contributed by atoms with Crippen molar-refractivity contribution in [3.05, 3.63) is 35.4 Å². The molecular formula is C14H22N2. The molecule has 2 heteroatoms. The fourth-order valence-electron chi connectivity index (χ4n) is 2.42. The molecule has 1 heterocycles. The molecule has 0 fully saturated rings.